The number of aryl methyl sites for hydroxylation is 1. The molecule has 0 aliphatic carbocycles. The predicted octanol–water partition coefficient (Wildman–Crippen LogP) is 0.205. The highest BCUT2D eigenvalue weighted by atomic mass is 16.3. The van der Waals surface area contributed by atoms with E-state index in [1.165, 1.54) is 4.80 Å². The number of hydrogen-bond donors (Lipinski definition) is 2. The van der Waals surface area contributed by atoms with Crippen LogP contribution in [0.5, 0.6) is 5.75 Å². The van der Waals surface area contributed by atoms with Crippen molar-refractivity contribution in [2.45, 2.75) is 13.1 Å². The number of rotatable bonds is 4. The molecule has 0 bridgehead atoms. The molecule has 2 rings (SSSR count). The van der Waals surface area contributed by atoms with Gasteiger partial charge in [-0.1, -0.05) is 12.1 Å². The van der Waals surface area contributed by atoms with Crippen molar-refractivity contribution >= 4 is 0 Å². The quantitative estimate of drug-likeness (QED) is 0.768. The number of nitrogens with zero attached hydrogens (tertiary/aromatic N) is 4. The lowest BCUT2D eigenvalue weighted by Crippen LogP contribution is -2.13. The van der Waals surface area contributed by atoms with Crippen LogP contribution in [0.15, 0.2) is 24.3 Å². The third-order valence-corrected chi connectivity index (χ3v) is 2.10. The van der Waals surface area contributed by atoms with Gasteiger partial charge < -0.3 is 10.4 Å². The molecule has 0 amide bonds. The highest BCUT2D eigenvalue weighted by molar-refractivity contribution is 5.25. The van der Waals surface area contributed by atoms with E-state index in [9.17, 15) is 0 Å². The third-order valence-electron chi connectivity index (χ3n) is 2.10. The first-order chi connectivity index (χ1) is 7.74. The lowest BCUT2D eigenvalue weighted by atomic mass is 10.2. The molecule has 1 heterocycles. The zero-order valence-corrected chi connectivity index (χ0v) is 8.96. The van der Waals surface area contributed by atoms with Gasteiger partial charge in [0.25, 0.3) is 0 Å². The van der Waals surface area contributed by atoms with Gasteiger partial charge in [-0.2, -0.15) is 4.80 Å². The molecule has 1 aromatic heterocycles. The van der Waals surface area contributed by atoms with E-state index in [-0.39, 0.29) is 5.75 Å². The van der Waals surface area contributed by atoms with E-state index in [4.69, 9.17) is 5.11 Å². The van der Waals surface area contributed by atoms with Gasteiger partial charge in [0.1, 0.15) is 5.75 Å². The Morgan fingerprint density at radius 2 is 2.00 bits per heavy atom. The minimum absolute atomic E-state index is 0.277. The molecule has 0 saturated heterocycles. The van der Waals surface area contributed by atoms with Crippen LogP contribution < -0.4 is 5.32 Å². The number of aromatic hydroxyl groups is 1. The molecule has 16 heavy (non-hydrogen) atoms. The Kier molecular flexibility index (Phi) is 3.11. The van der Waals surface area contributed by atoms with E-state index in [1.807, 2.05) is 12.1 Å². The molecule has 0 radical (unpaired) electrons. The molecule has 0 aliphatic rings. The van der Waals surface area contributed by atoms with Crippen LogP contribution in [0.1, 0.15) is 11.4 Å². The smallest absolute Gasteiger partial charge is 0.188 e. The van der Waals surface area contributed by atoms with Crippen molar-refractivity contribution in [3.05, 3.63) is 35.7 Å². The van der Waals surface area contributed by atoms with Crippen LogP contribution in [0.3, 0.4) is 0 Å². The molecule has 0 fully saturated rings. The first kappa shape index (κ1) is 10.6. The molecule has 2 aromatic rings. The molecule has 1 aromatic carbocycles. The second kappa shape index (κ2) is 4.71. The van der Waals surface area contributed by atoms with Gasteiger partial charge in [-0.15, -0.1) is 10.2 Å². The maximum atomic E-state index is 9.11. The molecule has 0 atom stereocenters. The van der Waals surface area contributed by atoms with Crippen molar-refractivity contribution in [3.8, 4) is 5.75 Å². The lowest BCUT2D eigenvalue weighted by Gasteiger charge is -2.02. The number of aromatic nitrogens is 4. The Morgan fingerprint density at radius 1 is 1.25 bits per heavy atom. The van der Waals surface area contributed by atoms with Gasteiger partial charge in [-0.3, -0.25) is 0 Å². The van der Waals surface area contributed by atoms with Crippen molar-refractivity contribution in [1.82, 2.24) is 25.5 Å². The van der Waals surface area contributed by atoms with Crippen LogP contribution in [-0.4, -0.2) is 25.3 Å². The van der Waals surface area contributed by atoms with Crippen molar-refractivity contribution < 1.29 is 5.11 Å². The maximum absolute atomic E-state index is 9.11. The highest BCUT2D eigenvalue weighted by Crippen LogP contribution is 2.09. The summed E-state index contributed by atoms with van der Waals surface area (Å²) in [6.07, 6.45) is 0. The van der Waals surface area contributed by atoms with Gasteiger partial charge >= 0.3 is 0 Å². The molecule has 6 heteroatoms. The number of phenols is 1. The van der Waals surface area contributed by atoms with Crippen molar-refractivity contribution in [1.29, 1.82) is 0 Å². The SMILES string of the molecule is Cn1nnc(CNCc2ccc(O)cc2)n1. The second-order valence-corrected chi connectivity index (χ2v) is 3.47. The second-order valence-electron chi connectivity index (χ2n) is 3.47. The van der Waals surface area contributed by atoms with E-state index in [0.717, 1.165) is 5.56 Å². The van der Waals surface area contributed by atoms with Crippen molar-refractivity contribution in [2.24, 2.45) is 7.05 Å². The summed E-state index contributed by atoms with van der Waals surface area (Å²) in [4.78, 5) is 1.43. The lowest BCUT2D eigenvalue weighted by molar-refractivity contribution is 0.475. The van der Waals surface area contributed by atoms with Gasteiger partial charge in [0, 0.05) is 6.54 Å². The van der Waals surface area contributed by atoms with E-state index < -0.39 is 0 Å². The summed E-state index contributed by atoms with van der Waals surface area (Å²) in [5, 5.41) is 23.9. The van der Waals surface area contributed by atoms with Gasteiger partial charge in [-0.25, -0.2) is 0 Å². The average molecular weight is 219 g/mol. The predicted molar refractivity (Wildman–Crippen MR) is 57.4 cm³/mol. The Bertz CT molecular complexity index is 450. The fourth-order valence-corrected chi connectivity index (χ4v) is 1.33. The van der Waals surface area contributed by atoms with Crippen molar-refractivity contribution in [2.75, 3.05) is 0 Å². The maximum Gasteiger partial charge on any atom is 0.188 e. The molecule has 0 spiro atoms. The van der Waals surface area contributed by atoms with Crippen LogP contribution in [0.2, 0.25) is 0 Å². The third kappa shape index (κ3) is 2.77. The Balaban J connectivity index is 1.82. The summed E-state index contributed by atoms with van der Waals surface area (Å²) in [5.74, 6) is 0.945. The van der Waals surface area contributed by atoms with Crippen LogP contribution in [0, 0.1) is 0 Å². The van der Waals surface area contributed by atoms with Crippen molar-refractivity contribution in [3.63, 3.8) is 0 Å². The normalized spacial score (nSPS) is 10.6. The number of tetrazole rings is 1. The standard InChI is InChI=1S/C10H13N5O/c1-15-13-10(12-14-15)7-11-6-8-2-4-9(16)5-3-8/h2-5,11,16H,6-7H2,1H3. The Labute approximate surface area is 92.9 Å². The van der Waals surface area contributed by atoms with Gasteiger partial charge in [0.15, 0.2) is 5.82 Å². The molecule has 0 aliphatic heterocycles. The zero-order valence-electron chi connectivity index (χ0n) is 8.96. The summed E-state index contributed by atoms with van der Waals surface area (Å²) in [6, 6.07) is 7.06. The summed E-state index contributed by atoms with van der Waals surface area (Å²) < 4.78 is 0. The van der Waals surface area contributed by atoms with Gasteiger partial charge in [0.2, 0.25) is 0 Å². The minimum atomic E-state index is 0.277. The van der Waals surface area contributed by atoms with Crippen LogP contribution in [0.25, 0.3) is 0 Å². The molecule has 2 N–H and O–H groups in total. The largest absolute Gasteiger partial charge is 0.508 e. The Hall–Kier alpha value is -1.95. The Morgan fingerprint density at radius 3 is 2.62 bits per heavy atom. The average Bonchev–Trinajstić information content (AvgIpc) is 2.67. The minimum Gasteiger partial charge on any atom is -0.508 e. The van der Waals surface area contributed by atoms with E-state index in [1.54, 1.807) is 19.2 Å². The first-order valence-corrected chi connectivity index (χ1v) is 4.95. The molecule has 0 saturated carbocycles. The van der Waals surface area contributed by atoms with E-state index >= 15 is 0 Å². The summed E-state index contributed by atoms with van der Waals surface area (Å²) >= 11 is 0. The zero-order chi connectivity index (χ0) is 11.4. The number of phenolic OH excluding ortho intramolecular Hbond substituents is 1. The fraction of sp³-hybridized carbons (Fsp3) is 0.300. The van der Waals surface area contributed by atoms with Gasteiger partial charge in [0.05, 0.1) is 13.6 Å². The number of benzene rings is 1. The molecule has 0 unspecified atom stereocenters. The molecule has 84 valence electrons. The number of hydrogen-bond acceptors (Lipinski definition) is 5. The molecule has 6 nitrogen and oxygen atoms in total. The summed E-state index contributed by atoms with van der Waals surface area (Å²) in [7, 11) is 1.73. The highest BCUT2D eigenvalue weighted by Gasteiger charge is 1.99. The van der Waals surface area contributed by atoms with Crippen LogP contribution in [0.4, 0.5) is 0 Å². The summed E-state index contributed by atoms with van der Waals surface area (Å²) in [5.41, 5.74) is 1.10. The van der Waals surface area contributed by atoms with Gasteiger partial charge in [-0.05, 0) is 22.9 Å². The topological polar surface area (TPSA) is 75.9 Å². The molecular weight excluding hydrogens is 206 g/mol. The monoisotopic (exact) mass is 219 g/mol. The summed E-state index contributed by atoms with van der Waals surface area (Å²) in [6.45, 7) is 1.28. The van der Waals surface area contributed by atoms with Crippen LogP contribution >= 0.6 is 0 Å². The molecular formula is C10H13N5O. The van der Waals surface area contributed by atoms with Crippen LogP contribution in [-0.2, 0) is 20.1 Å². The van der Waals surface area contributed by atoms with E-state index in [2.05, 4.69) is 20.7 Å². The first-order valence-electron chi connectivity index (χ1n) is 4.95. The fourth-order valence-electron chi connectivity index (χ4n) is 1.33. The number of nitrogens with one attached hydrogen (secondary N) is 1. The van der Waals surface area contributed by atoms with E-state index in [0.29, 0.717) is 18.9 Å².